The average Bonchev–Trinajstić information content (AvgIpc) is 2.88. The molecule has 0 unspecified atom stereocenters. The highest BCUT2D eigenvalue weighted by molar-refractivity contribution is 5.66. The van der Waals surface area contributed by atoms with E-state index in [1.54, 1.807) is 0 Å². The zero-order valence-electron chi connectivity index (χ0n) is 23.2. The van der Waals surface area contributed by atoms with Crippen LogP contribution in [0.3, 0.4) is 0 Å². The molecule has 0 spiro atoms. The summed E-state index contributed by atoms with van der Waals surface area (Å²) in [6, 6.07) is 13.2. The maximum Gasteiger partial charge on any atom is 0.303 e. The number of carboxylic acids is 1. The van der Waals surface area contributed by atoms with Crippen LogP contribution in [0.5, 0.6) is 5.75 Å². The third-order valence-corrected chi connectivity index (χ3v) is 8.60. The van der Waals surface area contributed by atoms with Gasteiger partial charge in [-0.1, -0.05) is 63.4 Å². The van der Waals surface area contributed by atoms with E-state index in [0.29, 0.717) is 5.75 Å². The Morgan fingerprint density at radius 1 is 1.00 bits per heavy atom. The summed E-state index contributed by atoms with van der Waals surface area (Å²) < 4.78 is 5.83. The van der Waals surface area contributed by atoms with Crippen LogP contribution in [-0.4, -0.2) is 39.6 Å². The predicted molar refractivity (Wildman–Crippen MR) is 148 cm³/mol. The molecule has 0 aliphatic heterocycles. The molecule has 0 heterocycles. The van der Waals surface area contributed by atoms with Gasteiger partial charge in [-0.25, -0.2) is 0 Å². The molecule has 2 aromatic rings. The van der Waals surface area contributed by atoms with Crippen molar-refractivity contribution in [3.8, 4) is 5.75 Å². The number of aryl methyl sites for hydroxylation is 3. The lowest BCUT2D eigenvalue weighted by atomic mass is 9.69. The van der Waals surface area contributed by atoms with Crippen molar-refractivity contribution in [2.24, 2.45) is 0 Å². The van der Waals surface area contributed by atoms with Crippen molar-refractivity contribution in [3.05, 3.63) is 64.2 Å². The maximum absolute atomic E-state index is 11.0. The van der Waals surface area contributed by atoms with E-state index in [1.165, 1.54) is 28.7 Å². The first-order chi connectivity index (χ1) is 17.6. The van der Waals surface area contributed by atoms with Crippen LogP contribution in [0.2, 0.25) is 0 Å². The largest absolute Gasteiger partial charge is 0.491 e. The summed E-state index contributed by atoms with van der Waals surface area (Å²) in [6.45, 7) is 8.77. The molecule has 3 rings (SSSR count). The van der Waals surface area contributed by atoms with Crippen molar-refractivity contribution in [2.45, 2.75) is 115 Å². The third kappa shape index (κ3) is 7.36. The first-order valence-corrected chi connectivity index (χ1v) is 14.1. The Morgan fingerprint density at radius 3 is 2.19 bits per heavy atom. The van der Waals surface area contributed by atoms with Crippen LogP contribution in [-0.2, 0) is 16.6 Å². The number of carboxylic acid groups (broad SMARTS) is 1. The second-order valence-corrected chi connectivity index (χ2v) is 11.1. The summed E-state index contributed by atoms with van der Waals surface area (Å²) in [5.41, 5.74) is 5.57. The molecule has 5 nitrogen and oxygen atoms in total. The van der Waals surface area contributed by atoms with Gasteiger partial charge in [0.1, 0.15) is 12.4 Å². The zero-order chi connectivity index (χ0) is 27.1. The highest BCUT2D eigenvalue weighted by Crippen LogP contribution is 2.41. The summed E-state index contributed by atoms with van der Waals surface area (Å²) in [4.78, 5) is 10.7. The Hall–Kier alpha value is -2.37. The van der Waals surface area contributed by atoms with Crippen molar-refractivity contribution >= 4 is 5.97 Å². The normalized spacial score (nSPS) is 16.4. The summed E-state index contributed by atoms with van der Waals surface area (Å²) in [5.74, 6) is -0.203. The third-order valence-electron chi connectivity index (χ3n) is 8.60. The number of hydrogen-bond acceptors (Lipinski definition) is 4. The number of carbonyl (C=O) groups is 1. The second kappa shape index (κ2) is 12.9. The van der Waals surface area contributed by atoms with Gasteiger partial charge in [0.2, 0.25) is 0 Å². The minimum atomic E-state index is -0.917. The van der Waals surface area contributed by atoms with Crippen molar-refractivity contribution in [1.29, 1.82) is 0 Å². The molecule has 0 bridgehead atoms. The van der Waals surface area contributed by atoms with E-state index in [9.17, 15) is 15.0 Å². The van der Waals surface area contributed by atoms with Crippen LogP contribution in [0, 0.1) is 13.8 Å². The van der Waals surface area contributed by atoms with Gasteiger partial charge in [0.05, 0.1) is 11.7 Å². The molecule has 3 N–H and O–H groups in total. The lowest BCUT2D eigenvalue weighted by Crippen LogP contribution is -2.31. The fourth-order valence-electron chi connectivity index (χ4n) is 6.00. The highest BCUT2D eigenvalue weighted by atomic mass is 16.5. The maximum atomic E-state index is 11.0. The molecule has 0 saturated heterocycles. The molecule has 37 heavy (non-hydrogen) atoms. The lowest BCUT2D eigenvalue weighted by Gasteiger charge is -2.35. The Kier molecular flexibility index (Phi) is 10.2. The van der Waals surface area contributed by atoms with Gasteiger partial charge in [-0.15, -0.1) is 0 Å². The van der Waals surface area contributed by atoms with E-state index in [-0.39, 0.29) is 24.9 Å². The summed E-state index contributed by atoms with van der Waals surface area (Å²) in [6.07, 6.45) is 8.37. The number of hydrogen-bond donors (Lipinski definition) is 3. The molecule has 1 atom stereocenters. The quantitative estimate of drug-likeness (QED) is 0.281. The van der Waals surface area contributed by atoms with Crippen molar-refractivity contribution < 1.29 is 24.9 Å². The number of benzene rings is 2. The second-order valence-electron chi connectivity index (χ2n) is 11.1. The van der Waals surface area contributed by atoms with Crippen LogP contribution >= 0.6 is 0 Å². The highest BCUT2D eigenvalue weighted by Gasteiger charge is 2.32. The van der Waals surface area contributed by atoms with Crippen LogP contribution < -0.4 is 4.74 Å². The number of aliphatic hydroxyl groups is 2. The van der Waals surface area contributed by atoms with Gasteiger partial charge in [-0.3, -0.25) is 4.79 Å². The van der Waals surface area contributed by atoms with Crippen LogP contribution in [0.1, 0.15) is 106 Å². The van der Waals surface area contributed by atoms with Crippen LogP contribution in [0.25, 0.3) is 0 Å². The molecule has 1 aliphatic carbocycles. The van der Waals surface area contributed by atoms with Gasteiger partial charge in [0, 0.05) is 11.8 Å². The number of ether oxygens (including phenoxy) is 1. The zero-order valence-corrected chi connectivity index (χ0v) is 23.2. The van der Waals surface area contributed by atoms with Gasteiger partial charge in [-0.2, -0.15) is 0 Å². The van der Waals surface area contributed by atoms with Crippen molar-refractivity contribution in [2.75, 3.05) is 6.61 Å². The molecule has 1 saturated carbocycles. The Bertz CT molecular complexity index is 1030. The topological polar surface area (TPSA) is 87.0 Å². The Morgan fingerprint density at radius 2 is 1.62 bits per heavy atom. The predicted octanol–water partition coefficient (Wildman–Crippen LogP) is 6.64. The monoisotopic (exact) mass is 510 g/mol. The lowest BCUT2D eigenvalue weighted by molar-refractivity contribution is -0.137. The van der Waals surface area contributed by atoms with Crippen molar-refractivity contribution in [1.82, 2.24) is 0 Å². The van der Waals surface area contributed by atoms with E-state index in [2.05, 4.69) is 51.1 Å². The van der Waals surface area contributed by atoms with Crippen LogP contribution in [0.15, 0.2) is 36.4 Å². The van der Waals surface area contributed by atoms with E-state index >= 15 is 0 Å². The number of rotatable bonds is 13. The molecule has 0 amide bonds. The minimum absolute atomic E-state index is 0.0724. The summed E-state index contributed by atoms with van der Waals surface area (Å²) in [5, 5.41) is 29.8. The molecule has 0 radical (unpaired) electrons. The van der Waals surface area contributed by atoms with E-state index in [0.717, 1.165) is 56.9 Å². The van der Waals surface area contributed by atoms with Crippen molar-refractivity contribution in [3.63, 3.8) is 0 Å². The fourth-order valence-corrected chi connectivity index (χ4v) is 6.00. The average molecular weight is 511 g/mol. The number of aliphatic carboxylic acids is 1. The molecule has 204 valence electrons. The molecule has 0 aromatic heterocycles. The van der Waals surface area contributed by atoms with Gasteiger partial charge in [-0.05, 0) is 92.7 Å². The van der Waals surface area contributed by atoms with E-state index in [4.69, 9.17) is 9.84 Å². The first kappa shape index (κ1) is 29.2. The van der Waals surface area contributed by atoms with E-state index in [1.807, 2.05) is 13.0 Å². The van der Waals surface area contributed by atoms with Crippen LogP contribution in [0.4, 0.5) is 0 Å². The summed E-state index contributed by atoms with van der Waals surface area (Å²) in [7, 11) is 0. The Labute approximate surface area is 222 Å². The first-order valence-electron chi connectivity index (χ1n) is 14.1. The van der Waals surface area contributed by atoms with Gasteiger partial charge < -0.3 is 20.1 Å². The standard InChI is InChI=1S/C32H46O5/c1-5-32(6-2,27-12-14-29(24(4)21-27)37-22-28(33)13-15-30(34)35)26-11-10-25(23(3)20-26)16-19-31(36)17-8-7-9-18-31/h10-12,14,20-21,28,33,36H,5-9,13,15-19,22H2,1-4H3,(H,34,35)/t28-/m0/s1. The molecular weight excluding hydrogens is 464 g/mol. The van der Waals surface area contributed by atoms with E-state index < -0.39 is 17.7 Å². The molecule has 5 heteroatoms. The molecule has 2 aromatic carbocycles. The summed E-state index contributed by atoms with van der Waals surface area (Å²) >= 11 is 0. The fraction of sp³-hybridized carbons (Fsp3) is 0.594. The molecular formula is C32H46O5. The van der Waals surface area contributed by atoms with Gasteiger partial charge in [0.15, 0.2) is 0 Å². The molecule has 1 aliphatic rings. The van der Waals surface area contributed by atoms with Gasteiger partial charge >= 0.3 is 5.97 Å². The number of aliphatic hydroxyl groups excluding tert-OH is 1. The SMILES string of the molecule is CCC(CC)(c1ccc(CCC2(O)CCCCC2)c(C)c1)c1ccc(OC[C@@H](O)CCC(=O)O)c(C)c1. The smallest absolute Gasteiger partial charge is 0.303 e. The minimum Gasteiger partial charge on any atom is -0.491 e. The molecule has 1 fully saturated rings. The van der Waals surface area contributed by atoms with Gasteiger partial charge in [0.25, 0.3) is 0 Å². The Balaban J connectivity index is 1.76.